The Labute approximate surface area is 190 Å². The van der Waals surface area contributed by atoms with Crippen LogP contribution in [-0.2, 0) is 12.3 Å². The predicted molar refractivity (Wildman–Crippen MR) is 122 cm³/mol. The molecular formula is C23H25FN6OS. The van der Waals surface area contributed by atoms with Crippen molar-refractivity contribution in [2.75, 3.05) is 14.1 Å². The molecule has 0 amide bonds. The zero-order valence-corrected chi connectivity index (χ0v) is 19.1. The lowest BCUT2D eigenvalue weighted by atomic mass is 10.2. The highest BCUT2D eigenvalue weighted by molar-refractivity contribution is 7.98. The van der Waals surface area contributed by atoms with Gasteiger partial charge in [-0.2, -0.15) is 4.98 Å². The van der Waals surface area contributed by atoms with Gasteiger partial charge in [0.05, 0.1) is 18.3 Å². The van der Waals surface area contributed by atoms with Gasteiger partial charge in [-0.05, 0) is 50.3 Å². The molecule has 0 saturated heterocycles. The monoisotopic (exact) mass is 452 g/mol. The Balaban J connectivity index is 1.55. The van der Waals surface area contributed by atoms with Crippen LogP contribution in [0.3, 0.4) is 0 Å². The summed E-state index contributed by atoms with van der Waals surface area (Å²) in [5.74, 6) is 2.00. The molecule has 2 aromatic carbocycles. The summed E-state index contributed by atoms with van der Waals surface area (Å²) in [5, 5.41) is 13.8. The van der Waals surface area contributed by atoms with E-state index in [4.69, 9.17) is 4.52 Å². The second-order valence-electron chi connectivity index (χ2n) is 7.61. The van der Waals surface area contributed by atoms with Gasteiger partial charge in [-0.3, -0.25) is 4.90 Å². The van der Waals surface area contributed by atoms with Crippen molar-refractivity contribution in [3.8, 4) is 11.4 Å². The first-order valence-electron chi connectivity index (χ1n) is 10.4. The molecule has 4 aromatic rings. The third kappa shape index (κ3) is 5.05. The Morgan fingerprint density at radius 2 is 1.81 bits per heavy atom. The third-order valence-corrected chi connectivity index (χ3v) is 6.08. The third-order valence-electron chi connectivity index (χ3n) is 5.13. The van der Waals surface area contributed by atoms with E-state index in [2.05, 4.69) is 63.0 Å². The van der Waals surface area contributed by atoms with Gasteiger partial charge in [-0.1, -0.05) is 54.2 Å². The largest absolute Gasteiger partial charge is 0.338 e. The summed E-state index contributed by atoms with van der Waals surface area (Å²) in [6, 6.07) is 16.5. The van der Waals surface area contributed by atoms with Crippen LogP contribution in [0.4, 0.5) is 4.39 Å². The lowest BCUT2D eigenvalue weighted by molar-refractivity contribution is 0.272. The first-order valence-corrected chi connectivity index (χ1v) is 11.4. The van der Waals surface area contributed by atoms with E-state index in [0.29, 0.717) is 29.6 Å². The minimum absolute atomic E-state index is 0.161. The molecular weight excluding hydrogens is 427 g/mol. The summed E-state index contributed by atoms with van der Waals surface area (Å²) < 4.78 is 20.7. The molecule has 9 heteroatoms. The van der Waals surface area contributed by atoms with Crippen molar-refractivity contribution in [3.63, 3.8) is 0 Å². The van der Waals surface area contributed by atoms with Crippen LogP contribution in [-0.4, -0.2) is 43.9 Å². The van der Waals surface area contributed by atoms with Gasteiger partial charge in [-0.15, -0.1) is 10.2 Å². The smallest absolute Gasteiger partial charge is 0.237 e. The molecule has 0 radical (unpaired) electrons. The molecule has 2 heterocycles. The summed E-state index contributed by atoms with van der Waals surface area (Å²) in [4.78, 5) is 6.60. The molecule has 0 saturated carbocycles. The lowest BCUT2D eigenvalue weighted by Crippen LogP contribution is -2.23. The number of aromatic nitrogens is 5. The van der Waals surface area contributed by atoms with Crippen LogP contribution >= 0.6 is 11.8 Å². The topological polar surface area (TPSA) is 72.9 Å². The van der Waals surface area contributed by atoms with Gasteiger partial charge in [0.25, 0.3) is 0 Å². The quantitative estimate of drug-likeness (QED) is 0.337. The van der Waals surface area contributed by atoms with E-state index < -0.39 is 0 Å². The molecule has 0 aliphatic rings. The highest BCUT2D eigenvalue weighted by atomic mass is 32.2. The van der Waals surface area contributed by atoms with E-state index in [1.54, 1.807) is 12.1 Å². The van der Waals surface area contributed by atoms with Crippen molar-refractivity contribution in [3.05, 3.63) is 77.7 Å². The number of benzene rings is 2. The molecule has 0 fully saturated rings. The van der Waals surface area contributed by atoms with Gasteiger partial charge < -0.3 is 9.09 Å². The van der Waals surface area contributed by atoms with Crippen LogP contribution in [0.1, 0.15) is 36.7 Å². The van der Waals surface area contributed by atoms with Crippen molar-refractivity contribution in [2.24, 2.45) is 0 Å². The van der Waals surface area contributed by atoms with Gasteiger partial charge in [0, 0.05) is 5.56 Å². The Kier molecular flexibility index (Phi) is 6.96. The summed E-state index contributed by atoms with van der Waals surface area (Å²) >= 11 is 1.51. The molecule has 166 valence electrons. The van der Waals surface area contributed by atoms with E-state index in [0.717, 1.165) is 17.4 Å². The molecule has 1 atom stereocenters. The standard InChI is InChI=1S/C23H25FN6OS/c1-4-19(29(2)3)22-26-27-23(30(22)14-16-8-6-5-7-9-16)32-15-20-25-21(28-31-20)17-10-12-18(24)13-11-17/h5-13,19H,4,14-15H2,1-3H3. The average Bonchev–Trinajstić information content (AvgIpc) is 3.42. The summed E-state index contributed by atoms with van der Waals surface area (Å²) in [7, 11) is 4.11. The van der Waals surface area contributed by atoms with Gasteiger partial charge in [-0.25, -0.2) is 4.39 Å². The molecule has 32 heavy (non-hydrogen) atoms. The molecule has 0 aliphatic carbocycles. The van der Waals surface area contributed by atoms with E-state index in [9.17, 15) is 4.39 Å². The minimum atomic E-state index is -0.301. The van der Waals surface area contributed by atoms with Gasteiger partial charge in [0.2, 0.25) is 11.7 Å². The van der Waals surface area contributed by atoms with Crippen molar-refractivity contribution >= 4 is 11.8 Å². The molecule has 4 rings (SSSR count). The zero-order valence-electron chi connectivity index (χ0n) is 18.3. The highest BCUT2D eigenvalue weighted by Gasteiger charge is 2.22. The molecule has 0 N–H and O–H groups in total. The normalized spacial score (nSPS) is 12.4. The number of halogens is 1. The number of rotatable bonds is 9. The second-order valence-corrected chi connectivity index (χ2v) is 8.55. The Bertz CT molecular complexity index is 1140. The summed E-state index contributed by atoms with van der Waals surface area (Å²) in [6.45, 7) is 2.83. The van der Waals surface area contributed by atoms with Crippen molar-refractivity contribution < 1.29 is 8.91 Å². The molecule has 2 aromatic heterocycles. The zero-order chi connectivity index (χ0) is 22.5. The van der Waals surface area contributed by atoms with Crippen LogP contribution in [0.2, 0.25) is 0 Å². The lowest BCUT2D eigenvalue weighted by Gasteiger charge is -2.23. The summed E-state index contributed by atoms with van der Waals surface area (Å²) in [6.07, 6.45) is 0.926. The number of nitrogens with zero attached hydrogens (tertiary/aromatic N) is 6. The fourth-order valence-electron chi connectivity index (χ4n) is 3.50. The van der Waals surface area contributed by atoms with Crippen LogP contribution in [0.25, 0.3) is 11.4 Å². The Morgan fingerprint density at radius 1 is 1.06 bits per heavy atom. The van der Waals surface area contributed by atoms with E-state index in [-0.39, 0.29) is 11.9 Å². The minimum Gasteiger partial charge on any atom is -0.338 e. The van der Waals surface area contributed by atoms with Crippen LogP contribution in [0, 0.1) is 5.82 Å². The fourth-order valence-corrected chi connectivity index (χ4v) is 4.28. The molecule has 1 unspecified atom stereocenters. The first kappa shape index (κ1) is 22.2. The molecule has 7 nitrogen and oxygen atoms in total. The Morgan fingerprint density at radius 3 is 2.50 bits per heavy atom. The summed E-state index contributed by atoms with van der Waals surface area (Å²) in [5.41, 5.74) is 1.89. The van der Waals surface area contributed by atoms with E-state index in [1.165, 1.54) is 29.5 Å². The van der Waals surface area contributed by atoms with Crippen molar-refractivity contribution in [1.82, 2.24) is 29.8 Å². The Hall–Kier alpha value is -3.04. The van der Waals surface area contributed by atoms with Crippen LogP contribution in [0.5, 0.6) is 0 Å². The number of hydrogen-bond acceptors (Lipinski definition) is 7. The number of thioether (sulfide) groups is 1. The maximum Gasteiger partial charge on any atom is 0.237 e. The van der Waals surface area contributed by atoms with Crippen molar-refractivity contribution in [2.45, 2.75) is 36.8 Å². The highest BCUT2D eigenvalue weighted by Crippen LogP contribution is 2.28. The van der Waals surface area contributed by atoms with Gasteiger partial charge >= 0.3 is 0 Å². The second kappa shape index (κ2) is 10.1. The van der Waals surface area contributed by atoms with Gasteiger partial charge in [0.1, 0.15) is 5.82 Å². The fraction of sp³-hybridized carbons (Fsp3) is 0.304. The average molecular weight is 453 g/mol. The van der Waals surface area contributed by atoms with Crippen molar-refractivity contribution in [1.29, 1.82) is 0 Å². The molecule has 0 bridgehead atoms. The maximum absolute atomic E-state index is 13.2. The van der Waals surface area contributed by atoms with E-state index >= 15 is 0 Å². The van der Waals surface area contributed by atoms with E-state index in [1.807, 2.05) is 18.2 Å². The van der Waals surface area contributed by atoms with Crippen LogP contribution < -0.4 is 0 Å². The maximum atomic E-state index is 13.2. The molecule has 0 aliphatic heterocycles. The predicted octanol–water partition coefficient (Wildman–Crippen LogP) is 4.82. The molecule has 0 spiro atoms. The van der Waals surface area contributed by atoms with Gasteiger partial charge in [0.15, 0.2) is 11.0 Å². The number of hydrogen-bond donors (Lipinski definition) is 0. The van der Waals surface area contributed by atoms with Crippen LogP contribution in [0.15, 0.2) is 64.3 Å². The SMILES string of the molecule is CCC(c1nnc(SCc2nc(-c3ccc(F)cc3)no2)n1Cc1ccccc1)N(C)C. The first-order chi connectivity index (χ1) is 15.5.